The quantitative estimate of drug-likeness (QED) is 0.678. The zero-order chi connectivity index (χ0) is 14.0. The first-order valence-electron chi connectivity index (χ1n) is 9.31. The minimum atomic E-state index is 0.485. The molecule has 4 fully saturated rings. The second-order valence-corrected chi connectivity index (χ2v) is 9.13. The van der Waals surface area contributed by atoms with Crippen LogP contribution in [0.5, 0.6) is 0 Å². The van der Waals surface area contributed by atoms with E-state index >= 15 is 0 Å². The molecule has 4 rings (SSSR count). The summed E-state index contributed by atoms with van der Waals surface area (Å²) < 4.78 is 0. The summed E-state index contributed by atoms with van der Waals surface area (Å²) >= 11 is 0. The van der Waals surface area contributed by atoms with Gasteiger partial charge in [0.05, 0.1) is 0 Å². The van der Waals surface area contributed by atoms with E-state index in [2.05, 4.69) is 13.8 Å². The van der Waals surface area contributed by atoms with Crippen molar-refractivity contribution in [2.45, 2.75) is 84.1 Å². The molecule has 0 bridgehead atoms. The van der Waals surface area contributed by atoms with Gasteiger partial charge in [-0.3, -0.25) is 0 Å². The maximum atomic E-state index is 6.51. The average molecular weight is 275 g/mol. The molecule has 114 valence electrons. The van der Waals surface area contributed by atoms with Crippen LogP contribution >= 0.6 is 0 Å². The van der Waals surface area contributed by atoms with Crippen molar-refractivity contribution in [2.75, 3.05) is 0 Å². The molecular formula is C19H33N. The third kappa shape index (κ3) is 1.65. The first-order valence-corrected chi connectivity index (χ1v) is 9.31. The zero-order valence-electron chi connectivity index (χ0n) is 13.5. The van der Waals surface area contributed by atoms with Crippen LogP contribution in [0.1, 0.15) is 78.1 Å². The van der Waals surface area contributed by atoms with Gasteiger partial charge in [0.25, 0.3) is 0 Å². The molecule has 2 N–H and O–H groups in total. The molecule has 4 aliphatic carbocycles. The summed E-state index contributed by atoms with van der Waals surface area (Å²) in [5.41, 5.74) is 7.69. The highest BCUT2D eigenvalue weighted by molar-refractivity contribution is 5.09. The van der Waals surface area contributed by atoms with E-state index in [1.165, 1.54) is 64.2 Å². The number of nitrogens with two attached hydrogens (primary N) is 1. The van der Waals surface area contributed by atoms with Gasteiger partial charge >= 0.3 is 0 Å². The molecule has 0 spiro atoms. The summed E-state index contributed by atoms with van der Waals surface area (Å²) in [5.74, 6) is 4.06. The smallest absolute Gasteiger partial charge is 0.00957 e. The summed E-state index contributed by atoms with van der Waals surface area (Å²) in [6.07, 6.45) is 14.7. The Kier molecular flexibility index (Phi) is 3.05. The van der Waals surface area contributed by atoms with Crippen LogP contribution in [0.3, 0.4) is 0 Å². The van der Waals surface area contributed by atoms with E-state index in [4.69, 9.17) is 5.73 Å². The second kappa shape index (κ2) is 4.48. The number of hydrogen-bond donors (Lipinski definition) is 1. The fraction of sp³-hybridized carbons (Fsp3) is 1.00. The molecule has 0 saturated heterocycles. The third-order valence-corrected chi connectivity index (χ3v) is 8.66. The first kappa shape index (κ1) is 13.6. The van der Waals surface area contributed by atoms with Gasteiger partial charge < -0.3 is 5.73 Å². The Hall–Kier alpha value is -0.0400. The summed E-state index contributed by atoms with van der Waals surface area (Å²) in [5, 5.41) is 0. The van der Waals surface area contributed by atoms with Gasteiger partial charge in [0, 0.05) is 6.04 Å². The van der Waals surface area contributed by atoms with Crippen LogP contribution in [-0.4, -0.2) is 6.04 Å². The van der Waals surface area contributed by atoms with Crippen LogP contribution in [0.4, 0.5) is 0 Å². The predicted molar refractivity (Wildman–Crippen MR) is 84.3 cm³/mol. The van der Waals surface area contributed by atoms with Gasteiger partial charge in [-0.2, -0.15) is 0 Å². The summed E-state index contributed by atoms with van der Waals surface area (Å²) in [7, 11) is 0. The lowest BCUT2D eigenvalue weighted by Crippen LogP contribution is -2.54. The molecular weight excluding hydrogens is 242 g/mol. The van der Waals surface area contributed by atoms with E-state index in [0.717, 1.165) is 23.7 Å². The number of fused-ring (bicyclic) bond motifs is 5. The molecule has 1 heteroatoms. The van der Waals surface area contributed by atoms with Crippen LogP contribution in [0, 0.1) is 34.5 Å². The van der Waals surface area contributed by atoms with E-state index in [0.29, 0.717) is 16.9 Å². The lowest BCUT2D eigenvalue weighted by Gasteiger charge is -2.60. The molecule has 0 aromatic rings. The maximum Gasteiger partial charge on any atom is 0.00957 e. The van der Waals surface area contributed by atoms with Crippen molar-refractivity contribution in [3.8, 4) is 0 Å². The molecule has 4 saturated carbocycles. The molecule has 1 nitrogen and oxygen atoms in total. The number of hydrogen-bond acceptors (Lipinski definition) is 1. The molecule has 0 aliphatic heterocycles. The predicted octanol–water partition coefficient (Wildman–Crippen LogP) is 4.75. The van der Waals surface area contributed by atoms with E-state index in [9.17, 15) is 0 Å². The van der Waals surface area contributed by atoms with Gasteiger partial charge in [0.1, 0.15) is 0 Å². The molecule has 0 aromatic heterocycles. The molecule has 0 amide bonds. The Balaban J connectivity index is 1.64. The molecule has 0 radical (unpaired) electrons. The fourth-order valence-electron chi connectivity index (χ4n) is 7.34. The maximum absolute atomic E-state index is 6.51. The molecule has 0 heterocycles. The topological polar surface area (TPSA) is 26.0 Å². The highest BCUT2D eigenvalue weighted by Gasteiger charge is 2.58. The standard InChI is InChI=1S/C19H33N/c1-18-11-4-3-5-13(18)6-7-14-15-8-9-17(20)19(15,2)12-10-16(14)18/h13-17H,3-12,20H2,1-2H3/t13?,14-,15-,16+,17?,18-,19-/m0/s1. The molecule has 7 atom stereocenters. The van der Waals surface area contributed by atoms with E-state index in [-0.39, 0.29) is 0 Å². The zero-order valence-corrected chi connectivity index (χ0v) is 13.5. The normalized spacial score (nSPS) is 58.6. The van der Waals surface area contributed by atoms with Gasteiger partial charge in [0.15, 0.2) is 0 Å². The largest absolute Gasteiger partial charge is 0.327 e. The third-order valence-electron chi connectivity index (χ3n) is 8.66. The van der Waals surface area contributed by atoms with Crippen LogP contribution in [-0.2, 0) is 0 Å². The Morgan fingerprint density at radius 3 is 2.40 bits per heavy atom. The Labute approximate surface area is 125 Å². The van der Waals surface area contributed by atoms with Crippen molar-refractivity contribution in [3.05, 3.63) is 0 Å². The van der Waals surface area contributed by atoms with Crippen molar-refractivity contribution < 1.29 is 0 Å². The first-order chi connectivity index (χ1) is 9.56. The van der Waals surface area contributed by atoms with E-state index in [1.807, 2.05) is 0 Å². The Morgan fingerprint density at radius 1 is 0.750 bits per heavy atom. The van der Waals surface area contributed by atoms with Gasteiger partial charge in [0.2, 0.25) is 0 Å². The average Bonchev–Trinajstić information content (AvgIpc) is 2.74. The summed E-state index contributed by atoms with van der Waals surface area (Å²) in [4.78, 5) is 0. The van der Waals surface area contributed by atoms with Gasteiger partial charge in [-0.1, -0.05) is 26.7 Å². The lowest BCUT2D eigenvalue weighted by molar-refractivity contribution is -0.105. The monoisotopic (exact) mass is 275 g/mol. The van der Waals surface area contributed by atoms with Crippen LogP contribution in [0.15, 0.2) is 0 Å². The molecule has 0 aromatic carbocycles. The van der Waals surface area contributed by atoms with Crippen molar-refractivity contribution in [1.82, 2.24) is 0 Å². The summed E-state index contributed by atoms with van der Waals surface area (Å²) in [6.45, 7) is 5.20. The Bertz CT molecular complexity index is 391. The molecule has 20 heavy (non-hydrogen) atoms. The SMILES string of the molecule is C[C@]12CCCCC1CC[C@@H]1[C@H]2CC[C@]2(C)C(N)CC[C@@H]12. The van der Waals surface area contributed by atoms with Crippen molar-refractivity contribution >= 4 is 0 Å². The van der Waals surface area contributed by atoms with Gasteiger partial charge in [-0.15, -0.1) is 0 Å². The molecule has 2 unspecified atom stereocenters. The second-order valence-electron chi connectivity index (χ2n) is 9.13. The van der Waals surface area contributed by atoms with E-state index in [1.54, 1.807) is 0 Å². The van der Waals surface area contributed by atoms with Crippen LogP contribution < -0.4 is 5.73 Å². The van der Waals surface area contributed by atoms with Crippen molar-refractivity contribution in [1.29, 1.82) is 0 Å². The van der Waals surface area contributed by atoms with Crippen molar-refractivity contribution in [3.63, 3.8) is 0 Å². The minimum Gasteiger partial charge on any atom is -0.327 e. The van der Waals surface area contributed by atoms with Gasteiger partial charge in [-0.25, -0.2) is 0 Å². The van der Waals surface area contributed by atoms with Gasteiger partial charge in [-0.05, 0) is 85.9 Å². The minimum absolute atomic E-state index is 0.485. The number of rotatable bonds is 0. The highest BCUT2D eigenvalue weighted by atomic mass is 14.8. The van der Waals surface area contributed by atoms with Crippen LogP contribution in [0.2, 0.25) is 0 Å². The lowest BCUT2D eigenvalue weighted by atomic mass is 9.45. The fourth-order valence-corrected chi connectivity index (χ4v) is 7.34. The molecule has 4 aliphatic rings. The van der Waals surface area contributed by atoms with E-state index < -0.39 is 0 Å². The Morgan fingerprint density at radius 2 is 1.55 bits per heavy atom. The summed E-state index contributed by atoms with van der Waals surface area (Å²) in [6, 6.07) is 0.491. The van der Waals surface area contributed by atoms with Crippen LogP contribution in [0.25, 0.3) is 0 Å². The van der Waals surface area contributed by atoms with Crippen molar-refractivity contribution in [2.24, 2.45) is 40.2 Å². The highest BCUT2D eigenvalue weighted by Crippen LogP contribution is 2.65.